The third-order valence-corrected chi connectivity index (χ3v) is 23.6. The molecule has 0 N–H and O–H groups in total. The van der Waals surface area contributed by atoms with Gasteiger partial charge in [0.2, 0.25) is 0 Å². The zero-order valence-corrected chi connectivity index (χ0v) is 61.7. The molecule has 112 heavy (non-hydrogen) atoms. The Hall–Kier alpha value is -14.4. The Morgan fingerprint density at radius 1 is 0.179 bits per heavy atom. The second kappa shape index (κ2) is 28.0. The first-order valence-corrected chi connectivity index (χ1v) is 39.0. The number of hydrogen-bond acceptors (Lipinski definition) is 10. The topological polar surface area (TPSA) is 104 Å². The maximum atomic E-state index is 6.69. The number of hydrogen-bond donors (Lipinski definition) is 0. The zero-order chi connectivity index (χ0) is 74.0. The molecule has 0 atom stereocenters. The molecule has 16 aromatic carbocycles. The van der Waals surface area contributed by atoms with Crippen molar-refractivity contribution in [2.24, 2.45) is 0 Å². The van der Waals surface area contributed by atoms with Gasteiger partial charge in [0.1, 0.15) is 22.3 Å². The Morgan fingerprint density at radius 2 is 0.545 bits per heavy atom. The van der Waals surface area contributed by atoms with Crippen LogP contribution in [0, 0.1) is 0 Å². The minimum absolute atomic E-state index is 0.567. The highest BCUT2D eigenvalue weighted by molar-refractivity contribution is 7.26. The van der Waals surface area contributed by atoms with Crippen LogP contribution in [-0.4, -0.2) is 29.9 Å². The molecule has 0 bridgehead atoms. The zero-order valence-electron chi connectivity index (χ0n) is 60.1. The van der Waals surface area contributed by atoms with Crippen LogP contribution >= 0.6 is 22.7 Å². The maximum Gasteiger partial charge on any atom is 0.167 e. The van der Waals surface area contributed by atoms with E-state index in [1.54, 1.807) is 22.7 Å². The van der Waals surface area contributed by atoms with Crippen LogP contribution in [-0.2, 0) is 0 Å². The summed E-state index contributed by atoms with van der Waals surface area (Å²) in [5.41, 5.74) is 22.8. The van der Waals surface area contributed by atoms with Gasteiger partial charge in [-0.05, 0) is 133 Å². The Kier molecular flexibility index (Phi) is 16.4. The van der Waals surface area contributed by atoms with Gasteiger partial charge in [0.25, 0.3) is 0 Å². The predicted molar refractivity (Wildman–Crippen MR) is 465 cm³/mol. The number of aromatic nitrogens is 6. The molecule has 8 nitrogen and oxygen atoms in total. The van der Waals surface area contributed by atoms with Crippen LogP contribution in [0.25, 0.3) is 219 Å². The number of furan rings is 2. The van der Waals surface area contributed by atoms with E-state index in [0.717, 1.165) is 109 Å². The van der Waals surface area contributed by atoms with Crippen LogP contribution in [0.4, 0.5) is 0 Å². The normalized spacial score (nSPS) is 11.6. The first kappa shape index (κ1) is 65.8. The quantitative estimate of drug-likeness (QED) is 0.119. The molecule has 0 aliphatic rings. The highest BCUT2D eigenvalue weighted by atomic mass is 32.1. The molecule has 6 aromatic heterocycles. The first-order valence-electron chi connectivity index (χ1n) is 37.4. The molecule has 0 unspecified atom stereocenters. The molecule has 6 heterocycles. The van der Waals surface area contributed by atoms with E-state index in [0.29, 0.717) is 34.9 Å². The largest absolute Gasteiger partial charge is 0.455 e. The summed E-state index contributed by atoms with van der Waals surface area (Å²) in [5, 5.41) is 8.99. The lowest BCUT2D eigenvalue weighted by atomic mass is 9.94. The van der Waals surface area contributed by atoms with E-state index in [9.17, 15) is 0 Å². The van der Waals surface area contributed by atoms with Crippen molar-refractivity contribution < 1.29 is 8.83 Å². The lowest BCUT2D eigenvalue weighted by molar-refractivity contribution is 0.669. The molecule has 0 saturated carbocycles. The van der Waals surface area contributed by atoms with Gasteiger partial charge in [-0.2, -0.15) is 0 Å². The standard InChI is InChI=1S/2C51H31N3OS/c1-4-14-32(15-5-1)35-20-10-21-36(30-35)37-28-29-44-43(31-37)39-23-11-25-41(47(39)55-44)50-52-49(34-18-8-3-9-19-34)53-51(54-50)42-26-12-24-40-46-38(33-16-6-2-7-17-33)22-13-27-45(46)56-48(40)42;1-4-15-32(16-5-1)36-21-10-11-22-37(36)35-29-30-45-43(31-35)39-24-12-27-42(48(39)56-45)51-53-49(34-19-8-3-9-20-34)52-50(54-51)41-26-13-25-40-46-38(33-17-6-2-7-18-33)23-14-28-44(46)55-47(40)41/h2*1-31H. The molecule has 0 spiro atoms. The van der Waals surface area contributed by atoms with Crippen molar-refractivity contribution in [3.8, 4) is 135 Å². The molecule has 0 aliphatic carbocycles. The van der Waals surface area contributed by atoms with E-state index >= 15 is 0 Å². The van der Waals surface area contributed by atoms with Crippen molar-refractivity contribution in [2.75, 3.05) is 0 Å². The molecular formula is C102H62N6O2S2. The fourth-order valence-electron chi connectivity index (χ4n) is 15.8. The Labute approximate surface area is 652 Å². The van der Waals surface area contributed by atoms with E-state index in [-0.39, 0.29) is 0 Å². The first-order chi connectivity index (χ1) is 55.5. The second-order valence-corrected chi connectivity index (χ2v) is 30.0. The van der Waals surface area contributed by atoms with Gasteiger partial charge in [-0.15, -0.1) is 22.7 Å². The Morgan fingerprint density at radius 3 is 1.14 bits per heavy atom. The molecule has 524 valence electrons. The molecule has 10 heteroatoms. The van der Waals surface area contributed by atoms with Gasteiger partial charge in [-0.3, -0.25) is 0 Å². The molecule has 0 fully saturated rings. The van der Waals surface area contributed by atoms with Crippen LogP contribution < -0.4 is 0 Å². The van der Waals surface area contributed by atoms with Gasteiger partial charge >= 0.3 is 0 Å². The number of fused-ring (bicyclic) bond motifs is 12. The van der Waals surface area contributed by atoms with E-state index in [1.807, 2.05) is 78.9 Å². The number of thiophene rings is 2. The van der Waals surface area contributed by atoms with Gasteiger partial charge in [0.15, 0.2) is 34.9 Å². The van der Waals surface area contributed by atoms with Crippen LogP contribution in [0.2, 0.25) is 0 Å². The average molecular weight is 1470 g/mol. The minimum atomic E-state index is 0.567. The van der Waals surface area contributed by atoms with Gasteiger partial charge < -0.3 is 8.83 Å². The molecular weight excluding hydrogens is 1410 g/mol. The van der Waals surface area contributed by atoms with E-state index in [2.05, 4.69) is 297 Å². The van der Waals surface area contributed by atoms with Crippen LogP contribution in [0.15, 0.2) is 385 Å². The number of para-hydroxylation sites is 2. The summed E-state index contributed by atoms with van der Waals surface area (Å²) in [7, 11) is 0. The molecule has 0 saturated heterocycles. The van der Waals surface area contributed by atoms with E-state index in [1.165, 1.54) is 75.5 Å². The summed E-state index contributed by atoms with van der Waals surface area (Å²) in [5.74, 6) is 3.61. The number of benzene rings is 16. The summed E-state index contributed by atoms with van der Waals surface area (Å²) in [4.78, 5) is 31.1. The molecule has 0 radical (unpaired) electrons. The molecule has 22 aromatic rings. The molecule has 0 amide bonds. The maximum absolute atomic E-state index is 6.69. The van der Waals surface area contributed by atoms with Crippen LogP contribution in [0.1, 0.15) is 0 Å². The van der Waals surface area contributed by atoms with Gasteiger partial charge in [-0.1, -0.05) is 309 Å². The van der Waals surface area contributed by atoms with Gasteiger partial charge in [0.05, 0.1) is 11.1 Å². The summed E-state index contributed by atoms with van der Waals surface area (Å²) in [6, 6.07) is 131. The lowest BCUT2D eigenvalue weighted by Gasteiger charge is -2.10. The highest BCUT2D eigenvalue weighted by Crippen LogP contribution is 2.48. The lowest BCUT2D eigenvalue weighted by Crippen LogP contribution is -2.00. The monoisotopic (exact) mass is 1470 g/mol. The van der Waals surface area contributed by atoms with Crippen molar-refractivity contribution in [2.45, 2.75) is 0 Å². The summed E-state index contributed by atoms with van der Waals surface area (Å²) < 4.78 is 18.1. The number of nitrogens with zero attached hydrogens (tertiary/aromatic N) is 6. The Balaban J connectivity index is 0.000000141. The number of rotatable bonds is 12. The van der Waals surface area contributed by atoms with Gasteiger partial charge in [-0.25, -0.2) is 29.9 Å². The predicted octanol–water partition coefficient (Wildman–Crippen LogP) is 28.3. The molecule has 0 aliphatic heterocycles. The summed E-state index contributed by atoms with van der Waals surface area (Å²) >= 11 is 3.56. The van der Waals surface area contributed by atoms with Crippen LogP contribution in [0.3, 0.4) is 0 Å². The van der Waals surface area contributed by atoms with Crippen molar-refractivity contribution in [3.63, 3.8) is 0 Å². The minimum Gasteiger partial charge on any atom is -0.455 e. The average Bonchev–Trinajstić information content (AvgIpc) is 1.58. The fourth-order valence-corrected chi connectivity index (χ4v) is 18.3. The van der Waals surface area contributed by atoms with Crippen molar-refractivity contribution in [1.82, 2.24) is 29.9 Å². The third kappa shape index (κ3) is 11.9. The fraction of sp³-hybridized carbons (Fsp3) is 0. The second-order valence-electron chi connectivity index (χ2n) is 27.9. The van der Waals surface area contributed by atoms with E-state index in [4.69, 9.17) is 38.7 Å². The van der Waals surface area contributed by atoms with Gasteiger partial charge in [0, 0.05) is 84.1 Å². The van der Waals surface area contributed by atoms with Crippen LogP contribution in [0.5, 0.6) is 0 Å². The van der Waals surface area contributed by atoms with Crippen molar-refractivity contribution in [3.05, 3.63) is 376 Å². The Bertz CT molecular complexity index is 7370. The highest BCUT2D eigenvalue weighted by Gasteiger charge is 2.25. The van der Waals surface area contributed by atoms with Crippen molar-refractivity contribution >= 4 is 107 Å². The van der Waals surface area contributed by atoms with E-state index < -0.39 is 0 Å². The smallest absolute Gasteiger partial charge is 0.167 e. The molecule has 22 rings (SSSR count). The third-order valence-electron chi connectivity index (χ3n) is 21.1. The van der Waals surface area contributed by atoms with Crippen molar-refractivity contribution in [1.29, 1.82) is 0 Å². The SMILES string of the molecule is c1ccc(-c2cccc(-c3ccc4oc5c(-c6nc(-c7ccccc7)nc(-c7cccc8c7sc7cccc(-c9ccccc9)c78)n6)cccc5c4c3)c2)cc1.c1ccc(-c2nc(-c3cccc4c3oc3cccc(-c5ccccc5)c34)nc(-c3cccc4c3sc3ccc(-c5ccccc5-c5ccccc5)cc34)n2)cc1. The summed E-state index contributed by atoms with van der Waals surface area (Å²) in [6.45, 7) is 0. The summed E-state index contributed by atoms with van der Waals surface area (Å²) in [6.07, 6.45) is 0.